The van der Waals surface area contributed by atoms with Gasteiger partial charge in [0.05, 0.1) is 5.69 Å². The lowest BCUT2D eigenvalue weighted by Crippen LogP contribution is -2.22. The Labute approximate surface area is 163 Å². The van der Waals surface area contributed by atoms with Crippen molar-refractivity contribution in [3.05, 3.63) is 109 Å². The number of hydrogen-bond acceptors (Lipinski definition) is 3. The van der Waals surface area contributed by atoms with E-state index in [1.165, 1.54) is 0 Å². The second-order valence-electron chi connectivity index (χ2n) is 6.42. The van der Waals surface area contributed by atoms with E-state index in [0.29, 0.717) is 12.1 Å². The number of hydrogen-bond donors (Lipinski definition) is 1. The van der Waals surface area contributed by atoms with Crippen LogP contribution in [-0.4, -0.2) is 15.9 Å². The van der Waals surface area contributed by atoms with Gasteiger partial charge in [-0.05, 0) is 53.1 Å². The summed E-state index contributed by atoms with van der Waals surface area (Å²) in [6, 6.07) is 25.5. The fraction of sp³-hybridized carbons (Fsp3) is 0.0417. The minimum atomic E-state index is -0.0978. The Morgan fingerprint density at radius 2 is 1.54 bits per heavy atom. The van der Waals surface area contributed by atoms with E-state index in [2.05, 4.69) is 27.4 Å². The van der Waals surface area contributed by atoms with Crippen LogP contribution in [0.2, 0.25) is 0 Å². The predicted molar refractivity (Wildman–Crippen MR) is 111 cm³/mol. The van der Waals surface area contributed by atoms with Gasteiger partial charge in [0.1, 0.15) is 0 Å². The summed E-state index contributed by atoms with van der Waals surface area (Å²) in [6.07, 6.45) is 5.26. The molecule has 4 nitrogen and oxygen atoms in total. The van der Waals surface area contributed by atoms with Gasteiger partial charge >= 0.3 is 0 Å². The second kappa shape index (κ2) is 8.27. The molecule has 28 heavy (non-hydrogen) atoms. The Morgan fingerprint density at radius 1 is 0.786 bits per heavy atom. The van der Waals surface area contributed by atoms with Crippen LogP contribution in [0.1, 0.15) is 15.9 Å². The first-order valence-corrected chi connectivity index (χ1v) is 9.08. The molecule has 0 aliphatic carbocycles. The molecule has 4 rings (SSSR count). The highest BCUT2D eigenvalue weighted by molar-refractivity contribution is 5.94. The highest BCUT2D eigenvalue weighted by atomic mass is 16.1. The van der Waals surface area contributed by atoms with Gasteiger partial charge in [0.15, 0.2) is 0 Å². The van der Waals surface area contributed by atoms with Gasteiger partial charge < -0.3 is 5.32 Å². The third-order valence-corrected chi connectivity index (χ3v) is 4.49. The molecule has 2 heterocycles. The summed E-state index contributed by atoms with van der Waals surface area (Å²) < 4.78 is 0. The van der Waals surface area contributed by atoms with Crippen LogP contribution in [-0.2, 0) is 6.54 Å². The number of carbonyl (C=O) groups is 1. The van der Waals surface area contributed by atoms with E-state index in [9.17, 15) is 4.79 Å². The van der Waals surface area contributed by atoms with E-state index in [0.717, 1.165) is 27.9 Å². The van der Waals surface area contributed by atoms with Gasteiger partial charge in [-0.3, -0.25) is 14.8 Å². The molecule has 0 bridgehead atoms. The molecule has 2 aromatic heterocycles. The van der Waals surface area contributed by atoms with Crippen molar-refractivity contribution in [2.75, 3.05) is 0 Å². The maximum absolute atomic E-state index is 12.5. The summed E-state index contributed by atoms with van der Waals surface area (Å²) in [5.74, 6) is -0.0978. The smallest absolute Gasteiger partial charge is 0.251 e. The lowest BCUT2D eigenvalue weighted by molar-refractivity contribution is 0.0951. The Hall–Kier alpha value is -3.79. The minimum absolute atomic E-state index is 0.0978. The topological polar surface area (TPSA) is 54.9 Å². The number of rotatable bonds is 5. The van der Waals surface area contributed by atoms with Crippen LogP contribution in [0.25, 0.3) is 22.4 Å². The Balaban J connectivity index is 1.42. The molecule has 0 saturated heterocycles. The van der Waals surface area contributed by atoms with Gasteiger partial charge in [-0.25, -0.2) is 0 Å². The number of pyridine rings is 2. The van der Waals surface area contributed by atoms with Crippen molar-refractivity contribution in [3.8, 4) is 22.4 Å². The first kappa shape index (κ1) is 17.6. The van der Waals surface area contributed by atoms with Gasteiger partial charge in [-0.2, -0.15) is 0 Å². The second-order valence-corrected chi connectivity index (χ2v) is 6.42. The summed E-state index contributed by atoms with van der Waals surface area (Å²) >= 11 is 0. The molecule has 0 atom stereocenters. The van der Waals surface area contributed by atoms with Crippen molar-refractivity contribution in [1.82, 2.24) is 15.3 Å². The summed E-state index contributed by atoms with van der Waals surface area (Å²) in [5, 5.41) is 2.97. The number of amides is 1. The Kier molecular flexibility index (Phi) is 5.20. The molecule has 0 spiro atoms. The average molecular weight is 365 g/mol. The molecular weight excluding hydrogens is 346 g/mol. The Bertz CT molecular complexity index is 1060. The van der Waals surface area contributed by atoms with Crippen LogP contribution >= 0.6 is 0 Å². The number of aromatic nitrogens is 2. The molecule has 1 N–H and O–H groups in total. The van der Waals surface area contributed by atoms with Crippen molar-refractivity contribution in [3.63, 3.8) is 0 Å². The lowest BCUT2D eigenvalue weighted by Gasteiger charge is -2.08. The zero-order chi connectivity index (χ0) is 19.2. The van der Waals surface area contributed by atoms with Gasteiger partial charge in [-0.1, -0.05) is 42.5 Å². The van der Waals surface area contributed by atoms with Crippen molar-refractivity contribution in [2.45, 2.75) is 6.54 Å². The standard InChI is InChI=1S/C24H19N3O/c28-24(21-10-8-20(9-11-21)19-5-2-1-3-6-19)27-16-18-12-14-26-23(15-18)22-7-4-13-25-17-22/h1-15,17H,16H2,(H,27,28). The first-order valence-electron chi connectivity index (χ1n) is 9.08. The maximum atomic E-state index is 12.5. The van der Waals surface area contributed by atoms with Crippen LogP contribution in [0, 0.1) is 0 Å². The number of carbonyl (C=O) groups excluding carboxylic acids is 1. The van der Waals surface area contributed by atoms with Crippen LogP contribution < -0.4 is 5.32 Å². The third kappa shape index (κ3) is 4.13. The van der Waals surface area contributed by atoms with Crippen molar-refractivity contribution >= 4 is 5.91 Å². The third-order valence-electron chi connectivity index (χ3n) is 4.49. The normalized spacial score (nSPS) is 10.4. The molecule has 136 valence electrons. The molecule has 0 unspecified atom stereocenters. The van der Waals surface area contributed by atoms with Crippen molar-refractivity contribution < 1.29 is 4.79 Å². The van der Waals surface area contributed by atoms with E-state index in [4.69, 9.17) is 0 Å². The van der Waals surface area contributed by atoms with Crippen LogP contribution in [0.3, 0.4) is 0 Å². The average Bonchev–Trinajstić information content (AvgIpc) is 2.79. The van der Waals surface area contributed by atoms with Gasteiger partial charge in [0.25, 0.3) is 5.91 Å². The van der Waals surface area contributed by atoms with E-state index in [-0.39, 0.29) is 5.91 Å². The van der Waals surface area contributed by atoms with Gasteiger partial charge in [-0.15, -0.1) is 0 Å². The van der Waals surface area contributed by atoms with Crippen LogP contribution in [0.4, 0.5) is 0 Å². The highest BCUT2D eigenvalue weighted by Crippen LogP contribution is 2.19. The number of nitrogens with zero attached hydrogens (tertiary/aromatic N) is 2. The quantitative estimate of drug-likeness (QED) is 0.556. The van der Waals surface area contributed by atoms with E-state index >= 15 is 0 Å². The van der Waals surface area contributed by atoms with Crippen LogP contribution in [0.5, 0.6) is 0 Å². The predicted octanol–water partition coefficient (Wildman–Crippen LogP) is 4.74. The molecule has 0 saturated carbocycles. The SMILES string of the molecule is O=C(NCc1ccnc(-c2cccnc2)c1)c1ccc(-c2ccccc2)cc1. The monoisotopic (exact) mass is 365 g/mol. The molecule has 4 aromatic rings. The van der Waals surface area contributed by atoms with Gasteiger partial charge in [0.2, 0.25) is 0 Å². The molecule has 0 aliphatic rings. The molecule has 0 aliphatic heterocycles. The number of nitrogens with one attached hydrogen (secondary N) is 1. The largest absolute Gasteiger partial charge is 0.348 e. The maximum Gasteiger partial charge on any atom is 0.251 e. The molecule has 0 fully saturated rings. The fourth-order valence-corrected chi connectivity index (χ4v) is 2.99. The minimum Gasteiger partial charge on any atom is -0.348 e. The molecule has 4 heteroatoms. The Morgan fingerprint density at radius 3 is 2.29 bits per heavy atom. The summed E-state index contributed by atoms with van der Waals surface area (Å²) in [4.78, 5) is 21.0. The number of benzene rings is 2. The highest BCUT2D eigenvalue weighted by Gasteiger charge is 2.07. The lowest BCUT2D eigenvalue weighted by atomic mass is 10.0. The van der Waals surface area contributed by atoms with Gasteiger partial charge in [0, 0.05) is 36.3 Å². The summed E-state index contributed by atoms with van der Waals surface area (Å²) in [7, 11) is 0. The molecule has 1 amide bonds. The van der Waals surface area contributed by atoms with Crippen LogP contribution in [0.15, 0.2) is 97.5 Å². The molecule has 0 radical (unpaired) electrons. The summed E-state index contributed by atoms with van der Waals surface area (Å²) in [5.41, 5.74) is 5.64. The van der Waals surface area contributed by atoms with Crippen molar-refractivity contribution in [2.24, 2.45) is 0 Å². The molecule has 2 aromatic carbocycles. The first-order chi connectivity index (χ1) is 13.8. The molecular formula is C24H19N3O. The summed E-state index contributed by atoms with van der Waals surface area (Å²) in [6.45, 7) is 0.440. The zero-order valence-corrected chi connectivity index (χ0v) is 15.2. The van der Waals surface area contributed by atoms with Crippen molar-refractivity contribution in [1.29, 1.82) is 0 Å². The van der Waals surface area contributed by atoms with E-state index < -0.39 is 0 Å². The zero-order valence-electron chi connectivity index (χ0n) is 15.2. The fourth-order valence-electron chi connectivity index (χ4n) is 2.99. The van der Waals surface area contributed by atoms with E-state index in [1.54, 1.807) is 18.6 Å². The van der Waals surface area contributed by atoms with E-state index in [1.807, 2.05) is 66.7 Å².